The average molecular weight is 469 g/mol. The number of fused-ring (bicyclic) bond motifs is 1. The van der Waals surface area contributed by atoms with Gasteiger partial charge in [-0.3, -0.25) is 9.69 Å². The van der Waals surface area contributed by atoms with Gasteiger partial charge in [-0.1, -0.05) is 29.4 Å². The molecule has 0 aliphatic carbocycles. The molecule has 0 N–H and O–H groups in total. The zero-order valence-electron chi connectivity index (χ0n) is 17.2. The highest BCUT2D eigenvalue weighted by Gasteiger charge is 2.22. The molecule has 0 bridgehead atoms. The number of carbonyl (C=O) groups excluding carboxylic acids is 1. The van der Waals surface area contributed by atoms with Crippen LogP contribution in [0.5, 0.6) is 0 Å². The maximum Gasteiger partial charge on any atom is 0.277 e. The van der Waals surface area contributed by atoms with Crippen LogP contribution in [-0.2, 0) is 11.3 Å². The number of halogens is 1. The van der Waals surface area contributed by atoms with Crippen molar-refractivity contribution in [2.24, 2.45) is 0 Å². The summed E-state index contributed by atoms with van der Waals surface area (Å²) in [5.41, 5.74) is 2.79. The smallest absolute Gasteiger partial charge is 0.277 e. The van der Waals surface area contributed by atoms with E-state index in [1.54, 1.807) is 12.1 Å². The first-order valence-electron chi connectivity index (χ1n) is 10.3. The first kappa shape index (κ1) is 21.0. The molecule has 4 aromatic rings. The summed E-state index contributed by atoms with van der Waals surface area (Å²) in [5.74, 6) is 0.764. The molecule has 1 aliphatic rings. The molecule has 0 radical (unpaired) electrons. The van der Waals surface area contributed by atoms with Crippen LogP contribution in [0, 0.1) is 0 Å². The van der Waals surface area contributed by atoms with E-state index in [1.165, 1.54) is 11.8 Å². The number of imidazole rings is 1. The summed E-state index contributed by atoms with van der Waals surface area (Å²) in [4.78, 5) is 21.5. The van der Waals surface area contributed by atoms with Gasteiger partial charge >= 0.3 is 0 Å². The number of thioether (sulfide) groups is 1. The Kier molecular flexibility index (Phi) is 6.11. The van der Waals surface area contributed by atoms with E-state index in [1.807, 2.05) is 45.8 Å². The van der Waals surface area contributed by atoms with Gasteiger partial charge in [0, 0.05) is 55.7 Å². The molecule has 32 heavy (non-hydrogen) atoms. The van der Waals surface area contributed by atoms with Crippen LogP contribution in [0.3, 0.4) is 0 Å². The summed E-state index contributed by atoms with van der Waals surface area (Å²) >= 11 is 7.17. The van der Waals surface area contributed by atoms with Gasteiger partial charge < -0.3 is 13.7 Å². The molecule has 1 aliphatic heterocycles. The minimum absolute atomic E-state index is 0.0774. The van der Waals surface area contributed by atoms with Gasteiger partial charge in [0.2, 0.25) is 11.8 Å². The van der Waals surface area contributed by atoms with Gasteiger partial charge in [0.15, 0.2) is 0 Å². The molecule has 0 saturated carbocycles. The predicted molar refractivity (Wildman–Crippen MR) is 123 cm³/mol. The number of carbonyl (C=O) groups is 1. The van der Waals surface area contributed by atoms with Crippen LogP contribution in [0.1, 0.15) is 5.69 Å². The van der Waals surface area contributed by atoms with Crippen molar-refractivity contribution in [2.75, 3.05) is 31.9 Å². The van der Waals surface area contributed by atoms with Crippen LogP contribution in [0.2, 0.25) is 5.02 Å². The SMILES string of the molecule is O=C(CSc1nnc(-c2ccc(Cl)cc2)o1)N1CCN(Cc2cn3ccccc3n2)CC1. The molecule has 8 nitrogen and oxygen atoms in total. The van der Waals surface area contributed by atoms with Crippen LogP contribution >= 0.6 is 23.4 Å². The minimum Gasteiger partial charge on any atom is -0.411 e. The van der Waals surface area contributed by atoms with Gasteiger partial charge in [0.05, 0.1) is 11.4 Å². The average Bonchev–Trinajstić information content (AvgIpc) is 3.45. The fraction of sp³-hybridized carbons (Fsp3) is 0.273. The number of aromatic nitrogens is 4. The van der Waals surface area contributed by atoms with Crippen molar-refractivity contribution in [1.29, 1.82) is 0 Å². The van der Waals surface area contributed by atoms with E-state index < -0.39 is 0 Å². The van der Waals surface area contributed by atoms with Crippen molar-refractivity contribution in [3.63, 3.8) is 0 Å². The van der Waals surface area contributed by atoms with Crippen molar-refractivity contribution in [3.8, 4) is 11.5 Å². The molecule has 1 amide bonds. The normalized spacial score (nSPS) is 14.8. The number of nitrogens with zero attached hydrogens (tertiary/aromatic N) is 6. The van der Waals surface area contributed by atoms with Crippen LogP contribution < -0.4 is 0 Å². The zero-order valence-corrected chi connectivity index (χ0v) is 18.8. The second-order valence-electron chi connectivity index (χ2n) is 7.52. The molecule has 1 saturated heterocycles. The Morgan fingerprint density at radius 2 is 1.88 bits per heavy atom. The Hall–Kier alpha value is -2.88. The Bertz CT molecular complexity index is 1180. The first-order valence-corrected chi connectivity index (χ1v) is 11.7. The van der Waals surface area contributed by atoms with Crippen molar-refractivity contribution < 1.29 is 9.21 Å². The quantitative estimate of drug-likeness (QED) is 0.401. The lowest BCUT2D eigenvalue weighted by Gasteiger charge is -2.34. The third-order valence-electron chi connectivity index (χ3n) is 5.34. The molecule has 0 atom stereocenters. The summed E-state index contributed by atoms with van der Waals surface area (Å²) in [6, 6.07) is 13.2. The summed E-state index contributed by atoms with van der Waals surface area (Å²) in [6.07, 6.45) is 4.06. The van der Waals surface area contributed by atoms with E-state index in [0.717, 1.165) is 36.5 Å². The molecule has 0 spiro atoms. The number of benzene rings is 1. The number of piperazine rings is 1. The van der Waals surface area contributed by atoms with E-state index in [9.17, 15) is 4.79 Å². The van der Waals surface area contributed by atoms with Gasteiger partial charge in [0.25, 0.3) is 5.22 Å². The van der Waals surface area contributed by atoms with Crippen molar-refractivity contribution >= 4 is 34.9 Å². The van der Waals surface area contributed by atoms with Crippen molar-refractivity contribution in [3.05, 3.63) is 65.6 Å². The zero-order chi connectivity index (χ0) is 21.9. The van der Waals surface area contributed by atoms with Gasteiger partial charge in [-0.05, 0) is 36.4 Å². The number of hydrogen-bond acceptors (Lipinski definition) is 7. The Morgan fingerprint density at radius 3 is 2.66 bits per heavy atom. The molecule has 164 valence electrons. The fourth-order valence-corrected chi connectivity index (χ4v) is 4.43. The summed E-state index contributed by atoms with van der Waals surface area (Å²) in [7, 11) is 0. The van der Waals surface area contributed by atoms with Crippen molar-refractivity contribution in [1.82, 2.24) is 29.4 Å². The minimum atomic E-state index is 0.0774. The van der Waals surface area contributed by atoms with Crippen LogP contribution in [0.4, 0.5) is 0 Å². The summed E-state index contributed by atoms with van der Waals surface area (Å²) in [6.45, 7) is 3.84. The van der Waals surface area contributed by atoms with E-state index in [-0.39, 0.29) is 11.7 Å². The van der Waals surface area contributed by atoms with Gasteiger partial charge in [-0.2, -0.15) is 0 Å². The maximum absolute atomic E-state index is 12.6. The topological polar surface area (TPSA) is 79.8 Å². The lowest BCUT2D eigenvalue weighted by atomic mass is 10.2. The molecular weight excluding hydrogens is 448 g/mol. The standard InChI is InChI=1S/C22H21ClN6O2S/c23-17-6-4-16(5-7-17)21-25-26-22(31-21)32-15-20(30)28-11-9-27(10-12-28)13-18-14-29-8-2-1-3-19(29)24-18/h1-8,14H,9-13,15H2. The molecular formula is C22H21ClN6O2S. The number of rotatable bonds is 6. The monoisotopic (exact) mass is 468 g/mol. The molecule has 5 rings (SSSR count). The van der Waals surface area contributed by atoms with Gasteiger partial charge in [0.1, 0.15) is 5.65 Å². The molecule has 0 unspecified atom stereocenters. The maximum atomic E-state index is 12.6. The van der Waals surface area contributed by atoms with E-state index in [2.05, 4.69) is 26.3 Å². The van der Waals surface area contributed by atoms with E-state index in [4.69, 9.17) is 16.0 Å². The second kappa shape index (κ2) is 9.32. The Morgan fingerprint density at radius 1 is 1.06 bits per heavy atom. The van der Waals surface area contributed by atoms with E-state index >= 15 is 0 Å². The lowest BCUT2D eigenvalue weighted by Crippen LogP contribution is -2.48. The first-order chi connectivity index (χ1) is 15.6. The molecule has 3 aromatic heterocycles. The molecule has 4 heterocycles. The predicted octanol–water partition coefficient (Wildman–Crippen LogP) is 3.47. The third-order valence-corrected chi connectivity index (χ3v) is 6.40. The third kappa shape index (κ3) is 4.79. The van der Waals surface area contributed by atoms with Crippen LogP contribution in [0.25, 0.3) is 17.1 Å². The van der Waals surface area contributed by atoms with Gasteiger partial charge in [-0.25, -0.2) is 4.98 Å². The van der Waals surface area contributed by atoms with Crippen LogP contribution in [-0.4, -0.2) is 67.2 Å². The number of pyridine rings is 1. The Labute approximate surface area is 194 Å². The van der Waals surface area contributed by atoms with Crippen LogP contribution in [0.15, 0.2) is 64.5 Å². The Balaban J connectivity index is 1.10. The van der Waals surface area contributed by atoms with Crippen molar-refractivity contribution in [2.45, 2.75) is 11.8 Å². The highest BCUT2D eigenvalue weighted by atomic mass is 35.5. The second-order valence-corrected chi connectivity index (χ2v) is 8.89. The molecule has 1 fully saturated rings. The summed E-state index contributed by atoms with van der Waals surface area (Å²) < 4.78 is 7.70. The van der Waals surface area contributed by atoms with Gasteiger partial charge in [-0.15, -0.1) is 10.2 Å². The summed E-state index contributed by atoms with van der Waals surface area (Å²) in [5, 5.41) is 9.12. The highest BCUT2D eigenvalue weighted by Crippen LogP contribution is 2.24. The number of hydrogen-bond donors (Lipinski definition) is 0. The number of amides is 1. The lowest BCUT2D eigenvalue weighted by molar-refractivity contribution is -0.130. The highest BCUT2D eigenvalue weighted by molar-refractivity contribution is 7.99. The largest absolute Gasteiger partial charge is 0.411 e. The fourth-order valence-electron chi connectivity index (χ4n) is 3.64. The molecule has 1 aromatic carbocycles. The van der Waals surface area contributed by atoms with E-state index in [0.29, 0.717) is 29.2 Å². The molecule has 10 heteroatoms.